The first-order chi connectivity index (χ1) is 44.1. The monoisotopic (exact) mass is 1350 g/mol. The molecule has 0 saturated heterocycles. The number of hydrogen-bond acceptors (Lipinski definition) is 15. The van der Waals surface area contributed by atoms with Gasteiger partial charge in [-0.1, -0.05) is 312 Å². The standard InChI is InChI=1S/C73H142O17P2/c1-63(2)49-41-33-25-19-14-11-9-10-12-16-22-29-39-47-55-72(77)90-69(60-84-71(76)54-46-38-32-31-36-44-52-66(7)8)62-88-92(81,82)86-58-67(74)57-85-91(79,80)87-61-68(59-83-70(75)53-45-37-28-24-18-21-27-35-43-51-65(5)6)89-73(78)56-48-40-30-23-17-13-15-20-26-34-42-50-64(3)4/h63-69,74H,9-62H2,1-8H3,(H,79,80)(H,81,82)/t67-,68-,69-/m1/s1. The highest BCUT2D eigenvalue weighted by Crippen LogP contribution is 2.45. The van der Waals surface area contributed by atoms with Crippen LogP contribution in [0.3, 0.4) is 0 Å². The number of ether oxygens (including phenoxy) is 4. The van der Waals surface area contributed by atoms with Crippen LogP contribution in [0.4, 0.5) is 0 Å². The van der Waals surface area contributed by atoms with E-state index >= 15 is 0 Å². The molecule has 0 radical (unpaired) electrons. The molecule has 0 aliphatic carbocycles. The Morgan fingerprint density at radius 2 is 0.457 bits per heavy atom. The highest BCUT2D eigenvalue weighted by atomic mass is 31.2. The van der Waals surface area contributed by atoms with Crippen LogP contribution in [0.5, 0.6) is 0 Å². The lowest BCUT2D eigenvalue weighted by Crippen LogP contribution is -2.30. The van der Waals surface area contributed by atoms with Crippen LogP contribution in [0.25, 0.3) is 0 Å². The summed E-state index contributed by atoms with van der Waals surface area (Å²) in [7, 11) is -9.91. The lowest BCUT2D eigenvalue weighted by atomic mass is 10.0. The minimum atomic E-state index is -4.95. The number of esters is 4. The molecule has 0 aliphatic heterocycles. The molecule has 0 saturated carbocycles. The van der Waals surface area contributed by atoms with Crippen LogP contribution in [0.1, 0.15) is 364 Å². The first kappa shape index (κ1) is 90.1. The molecule has 0 amide bonds. The SMILES string of the molecule is CC(C)CCCCCCCCCCCCCCCCC(=O)O[C@H](COC(=O)CCCCCCCCC(C)C)COP(=O)(O)OC[C@H](O)COP(=O)(O)OC[C@@H](COC(=O)CCCCCCCCCCCC(C)C)OC(=O)CCCCCCCCCCCCCC(C)C. The Kier molecular flexibility index (Phi) is 61.3. The fourth-order valence-electron chi connectivity index (χ4n) is 11.0. The Bertz CT molecular complexity index is 1820. The van der Waals surface area contributed by atoms with Gasteiger partial charge < -0.3 is 33.8 Å². The zero-order valence-electron chi connectivity index (χ0n) is 60.2. The van der Waals surface area contributed by atoms with E-state index in [0.717, 1.165) is 114 Å². The Labute approximate surface area is 562 Å². The van der Waals surface area contributed by atoms with Crippen molar-refractivity contribution in [2.45, 2.75) is 382 Å². The molecule has 0 heterocycles. The zero-order valence-corrected chi connectivity index (χ0v) is 62.0. The zero-order chi connectivity index (χ0) is 68.2. The van der Waals surface area contributed by atoms with Gasteiger partial charge in [0.15, 0.2) is 12.2 Å². The van der Waals surface area contributed by atoms with Crippen molar-refractivity contribution in [1.82, 2.24) is 0 Å². The van der Waals surface area contributed by atoms with Gasteiger partial charge in [-0.15, -0.1) is 0 Å². The van der Waals surface area contributed by atoms with Crippen molar-refractivity contribution in [2.24, 2.45) is 23.7 Å². The number of hydrogen-bond donors (Lipinski definition) is 3. The highest BCUT2D eigenvalue weighted by Gasteiger charge is 2.30. The van der Waals surface area contributed by atoms with Gasteiger partial charge in [0.25, 0.3) is 0 Å². The Morgan fingerprint density at radius 1 is 0.272 bits per heavy atom. The molecule has 546 valence electrons. The third kappa shape index (κ3) is 66.7. The summed E-state index contributed by atoms with van der Waals surface area (Å²) in [5.41, 5.74) is 0. The van der Waals surface area contributed by atoms with E-state index in [0.29, 0.717) is 31.6 Å². The fourth-order valence-corrected chi connectivity index (χ4v) is 12.6. The number of aliphatic hydroxyl groups is 1. The first-order valence-electron chi connectivity index (χ1n) is 37.7. The van der Waals surface area contributed by atoms with Gasteiger partial charge in [0, 0.05) is 25.7 Å². The summed E-state index contributed by atoms with van der Waals surface area (Å²) in [6, 6.07) is 0. The first-order valence-corrected chi connectivity index (χ1v) is 40.7. The molecule has 5 atom stereocenters. The summed E-state index contributed by atoms with van der Waals surface area (Å²) in [6.07, 6.45) is 45.9. The van der Waals surface area contributed by atoms with Crippen LogP contribution in [0, 0.1) is 23.7 Å². The average molecular weight is 1350 g/mol. The third-order valence-corrected chi connectivity index (χ3v) is 18.7. The molecule has 92 heavy (non-hydrogen) atoms. The van der Waals surface area contributed by atoms with Gasteiger partial charge >= 0.3 is 39.5 Å². The van der Waals surface area contributed by atoms with E-state index in [1.165, 1.54) is 161 Å². The molecule has 0 aliphatic rings. The van der Waals surface area contributed by atoms with Crippen molar-refractivity contribution < 1.29 is 80.2 Å². The van der Waals surface area contributed by atoms with Crippen LogP contribution in [-0.2, 0) is 65.4 Å². The lowest BCUT2D eigenvalue weighted by Gasteiger charge is -2.21. The van der Waals surface area contributed by atoms with Gasteiger partial charge in [-0.3, -0.25) is 37.3 Å². The molecule has 0 aromatic carbocycles. The quantitative estimate of drug-likeness (QED) is 0.0222. The molecular formula is C73H142O17P2. The Morgan fingerprint density at radius 3 is 0.674 bits per heavy atom. The molecule has 0 aromatic rings. The van der Waals surface area contributed by atoms with Crippen LogP contribution in [0.15, 0.2) is 0 Å². The van der Waals surface area contributed by atoms with Crippen molar-refractivity contribution >= 4 is 39.5 Å². The normalized spacial score (nSPS) is 14.2. The maximum atomic E-state index is 13.0. The second kappa shape index (κ2) is 62.6. The van der Waals surface area contributed by atoms with E-state index in [4.69, 9.17) is 37.0 Å². The van der Waals surface area contributed by atoms with Crippen molar-refractivity contribution in [3.05, 3.63) is 0 Å². The summed E-state index contributed by atoms with van der Waals surface area (Å²) in [5.74, 6) is 0.857. The molecule has 3 N–H and O–H groups in total. The number of carbonyl (C=O) groups is 4. The average Bonchev–Trinajstić information content (AvgIpc) is 2.32. The van der Waals surface area contributed by atoms with E-state index in [1.54, 1.807) is 0 Å². The van der Waals surface area contributed by atoms with Gasteiger partial charge in [-0.25, -0.2) is 9.13 Å². The molecule has 0 bridgehead atoms. The molecule has 0 rings (SSSR count). The Balaban J connectivity index is 5.23. The predicted molar refractivity (Wildman–Crippen MR) is 372 cm³/mol. The van der Waals surface area contributed by atoms with Crippen molar-refractivity contribution in [3.63, 3.8) is 0 Å². The largest absolute Gasteiger partial charge is 0.472 e. The van der Waals surface area contributed by atoms with Crippen LogP contribution >= 0.6 is 15.6 Å². The maximum absolute atomic E-state index is 13.0. The van der Waals surface area contributed by atoms with E-state index in [2.05, 4.69) is 55.4 Å². The highest BCUT2D eigenvalue weighted by molar-refractivity contribution is 7.47. The fraction of sp³-hybridized carbons (Fsp3) is 0.945. The topological polar surface area (TPSA) is 237 Å². The minimum absolute atomic E-state index is 0.105. The summed E-state index contributed by atoms with van der Waals surface area (Å²) in [5, 5.41) is 10.6. The minimum Gasteiger partial charge on any atom is -0.462 e. The Hall–Kier alpha value is -1.94. The second-order valence-corrected chi connectivity index (χ2v) is 31.1. The summed E-state index contributed by atoms with van der Waals surface area (Å²) < 4.78 is 68.4. The van der Waals surface area contributed by atoms with E-state index in [9.17, 15) is 43.2 Å². The van der Waals surface area contributed by atoms with Crippen LogP contribution < -0.4 is 0 Å². The molecule has 0 spiro atoms. The number of phosphoric ester groups is 2. The van der Waals surface area contributed by atoms with Crippen molar-refractivity contribution in [3.8, 4) is 0 Å². The van der Waals surface area contributed by atoms with E-state index in [1.807, 2.05) is 0 Å². The van der Waals surface area contributed by atoms with Crippen molar-refractivity contribution in [2.75, 3.05) is 39.6 Å². The smallest absolute Gasteiger partial charge is 0.462 e. The van der Waals surface area contributed by atoms with E-state index < -0.39 is 97.5 Å². The van der Waals surface area contributed by atoms with Crippen LogP contribution in [0.2, 0.25) is 0 Å². The molecule has 2 unspecified atom stereocenters. The number of carbonyl (C=O) groups excluding carboxylic acids is 4. The lowest BCUT2D eigenvalue weighted by molar-refractivity contribution is -0.161. The van der Waals surface area contributed by atoms with Crippen molar-refractivity contribution in [1.29, 1.82) is 0 Å². The summed E-state index contributed by atoms with van der Waals surface area (Å²) in [6.45, 7) is 14.1. The molecular weight excluding hydrogens is 1210 g/mol. The van der Waals surface area contributed by atoms with Crippen LogP contribution in [-0.4, -0.2) is 96.7 Å². The third-order valence-electron chi connectivity index (χ3n) is 16.8. The summed E-state index contributed by atoms with van der Waals surface area (Å²) >= 11 is 0. The predicted octanol–water partition coefficient (Wildman–Crippen LogP) is 20.9. The van der Waals surface area contributed by atoms with Gasteiger partial charge in [-0.05, 0) is 49.4 Å². The summed E-state index contributed by atoms with van der Waals surface area (Å²) in [4.78, 5) is 72.6. The van der Waals surface area contributed by atoms with Gasteiger partial charge in [0.2, 0.25) is 0 Å². The molecule has 17 nitrogen and oxygen atoms in total. The number of rotatable bonds is 70. The molecule has 0 aromatic heterocycles. The molecule has 0 fully saturated rings. The molecule has 19 heteroatoms. The number of aliphatic hydroxyl groups excluding tert-OH is 1. The van der Waals surface area contributed by atoms with Gasteiger partial charge in [0.05, 0.1) is 26.4 Å². The number of unbranched alkanes of at least 4 members (excludes halogenated alkanes) is 36. The van der Waals surface area contributed by atoms with E-state index in [-0.39, 0.29) is 25.7 Å². The van der Waals surface area contributed by atoms with Gasteiger partial charge in [0.1, 0.15) is 19.3 Å². The number of phosphoric acid groups is 2. The maximum Gasteiger partial charge on any atom is 0.472 e. The van der Waals surface area contributed by atoms with Gasteiger partial charge in [-0.2, -0.15) is 0 Å². The second-order valence-electron chi connectivity index (χ2n) is 28.2.